The smallest absolute Gasteiger partial charge is 0.239 e. The molecule has 22 heavy (non-hydrogen) atoms. The molecule has 1 rings (SSSR count). The van der Waals surface area contributed by atoms with Gasteiger partial charge in [0.2, 0.25) is 15.9 Å². The van der Waals surface area contributed by atoms with Crippen LogP contribution < -0.4 is 5.32 Å². The Morgan fingerprint density at radius 1 is 1.14 bits per heavy atom. The molecule has 0 heterocycles. The van der Waals surface area contributed by atoms with Crippen LogP contribution in [-0.2, 0) is 14.8 Å². The van der Waals surface area contributed by atoms with Crippen molar-refractivity contribution in [3.63, 3.8) is 0 Å². The maximum absolute atomic E-state index is 12.0. The fraction of sp³-hybridized carbons (Fsp3) is 0.462. The molecule has 0 unspecified atom stereocenters. The van der Waals surface area contributed by atoms with Crippen molar-refractivity contribution in [1.29, 1.82) is 0 Å². The summed E-state index contributed by atoms with van der Waals surface area (Å²) >= 11 is 11.7. The van der Waals surface area contributed by atoms with Gasteiger partial charge in [0.1, 0.15) is 0 Å². The van der Waals surface area contributed by atoms with E-state index in [-0.39, 0.29) is 13.1 Å². The van der Waals surface area contributed by atoms with E-state index in [9.17, 15) is 13.2 Å². The molecule has 1 N–H and O–H groups in total. The van der Waals surface area contributed by atoms with Gasteiger partial charge >= 0.3 is 0 Å². The highest BCUT2D eigenvalue weighted by atomic mass is 35.5. The van der Waals surface area contributed by atoms with Gasteiger partial charge in [-0.1, -0.05) is 23.2 Å². The number of likely N-dealkylation sites (N-methyl/N-ethyl adjacent to an activating group) is 1. The second-order valence-electron chi connectivity index (χ2n) is 5.11. The van der Waals surface area contributed by atoms with Crippen LogP contribution in [0.5, 0.6) is 0 Å². The number of rotatable bonds is 7. The molecule has 1 aromatic rings. The summed E-state index contributed by atoms with van der Waals surface area (Å²) in [6, 6.07) is 4.62. The zero-order chi connectivity index (χ0) is 16.9. The van der Waals surface area contributed by atoms with Crippen molar-refractivity contribution in [3.8, 4) is 0 Å². The minimum Gasteiger partial charge on any atom is -0.325 e. The van der Waals surface area contributed by atoms with Gasteiger partial charge in [-0.05, 0) is 32.3 Å². The van der Waals surface area contributed by atoms with E-state index in [4.69, 9.17) is 23.2 Å². The summed E-state index contributed by atoms with van der Waals surface area (Å²) in [6.07, 6.45) is 1.08. The van der Waals surface area contributed by atoms with Crippen LogP contribution in [-0.4, -0.2) is 63.5 Å². The molecule has 0 bridgehead atoms. The third kappa shape index (κ3) is 6.93. The summed E-state index contributed by atoms with van der Waals surface area (Å²) < 4.78 is 24.6. The Morgan fingerprint density at radius 2 is 1.68 bits per heavy atom. The van der Waals surface area contributed by atoms with Crippen molar-refractivity contribution in [2.24, 2.45) is 0 Å². The number of hydrogen-bond acceptors (Lipinski definition) is 4. The van der Waals surface area contributed by atoms with E-state index in [0.717, 1.165) is 10.6 Å². The standard InChI is InChI=1S/C13H19Cl2N3O3S/c1-17(2)4-5-18(22(3,20)21)9-13(19)16-12-7-10(14)6-11(15)8-12/h6-8H,4-5,9H2,1-3H3,(H,16,19). The molecule has 1 aromatic carbocycles. The Morgan fingerprint density at radius 3 is 2.14 bits per heavy atom. The molecular formula is C13H19Cl2N3O3S. The number of anilines is 1. The molecule has 1 amide bonds. The van der Waals surface area contributed by atoms with Crippen LogP contribution in [0.25, 0.3) is 0 Å². The number of benzene rings is 1. The van der Waals surface area contributed by atoms with Crippen molar-refractivity contribution >= 4 is 44.8 Å². The fourth-order valence-electron chi connectivity index (χ4n) is 1.66. The molecule has 0 aliphatic rings. The first-order valence-corrected chi connectivity index (χ1v) is 9.04. The number of carbonyl (C=O) groups excluding carboxylic acids is 1. The monoisotopic (exact) mass is 367 g/mol. The van der Waals surface area contributed by atoms with E-state index >= 15 is 0 Å². The highest BCUT2D eigenvalue weighted by molar-refractivity contribution is 7.88. The first kappa shape index (κ1) is 19.2. The normalized spacial score (nSPS) is 12.0. The summed E-state index contributed by atoms with van der Waals surface area (Å²) in [5, 5.41) is 3.36. The summed E-state index contributed by atoms with van der Waals surface area (Å²) in [5.74, 6) is -0.456. The van der Waals surface area contributed by atoms with Gasteiger partial charge in [0.15, 0.2) is 0 Å². The van der Waals surface area contributed by atoms with Crippen LogP contribution in [0.15, 0.2) is 18.2 Å². The molecule has 0 saturated heterocycles. The molecule has 0 aromatic heterocycles. The van der Waals surface area contributed by atoms with Gasteiger partial charge in [-0.15, -0.1) is 0 Å². The number of amides is 1. The van der Waals surface area contributed by atoms with Crippen molar-refractivity contribution < 1.29 is 13.2 Å². The summed E-state index contributed by atoms with van der Waals surface area (Å²) in [7, 11) is 0.185. The predicted molar refractivity (Wildman–Crippen MR) is 90.1 cm³/mol. The zero-order valence-electron chi connectivity index (χ0n) is 12.6. The van der Waals surface area contributed by atoms with Gasteiger partial charge in [0, 0.05) is 28.8 Å². The van der Waals surface area contributed by atoms with Gasteiger partial charge < -0.3 is 10.2 Å². The maximum atomic E-state index is 12.0. The number of carbonyl (C=O) groups is 1. The number of nitrogens with zero attached hydrogens (tertiary/aromatic N) is 2. The second-order valence-corrected chi connectivity index (χ2v) is 7.96. The summed E-state index contributed by atoms with van der Waals surface area (Å²) in [6.45, 7) is 0.482. The lowest BCUT2D eigenvalue weighted by Gasteiger charge is -2.21. The van der Waals surface area contributed by atoms with E-state index in [2.05, 4.69) is 5.32 Å². The molecule has 0 atom stereocenters. The molecule has 0 aliphatic heterocycles. The Hall–Kier alpha value is -0.860. The molecule has 0 spiro atoms. The minimum absolute atomic E-state index is 0.232. The predicted octanol–water partition coefficient (Wildman–Crippen LogP) is 1.76. The lowest BCUT2D eigenvalue weighted by atomic mass is 10.3. The SMILES string of the molecule is CN(C)CCN(CC(=O)Nc1cc(Cl)cc(Cl)c1)S(C)(=O)=O. The van der Waals surface area contributed by atoms with Crippen LogP contribution in [0.1, 0.15) is 0 Å². The van der Waals surface area contributed by atoms with E-state index in [1.807, 2.05) is 19.0 Å². The number of hydrogen-bond donors (Lipinski definition) is 1. The molecule has 6 nitrogen and oxygen atoms in total. The second kappa shape index (κ2) is 8.12. The largest absolute Gasteiger partial charge is 0.325 e. The van der Waals surface area contributed by atoms with Crippen LogP contribution in [0.4, 0.5) is 5.69 Å². The average Bonchev–Trinajstić information content (AvgIpc) is 2.31. The third-order valence-corrected chi connectivity index (χ3v) is 4.42. The molecule has 9 heteroatoms. The molecular weight excluding hydrogens is 349 g/mol. The van der Waals surface area contributed by atoms with Crippen molar-refractivity contribution in [2.75, 3.05) is 45.3 Å². The van der Waals surface area contributed by atoms with Crippen LogP contribution >= 0.6 is 23.2 Å². The molecule has 0 saturated carbocycles. The molecule has 0 aliphatic carbocycles. The topological polar surface area (TPSA) is 69.7 Å². The van der Waals surface area contributed by atoms with E-state index in [0.29, 0.717) is 22.3 Å². The van der Waals surface area contributed by atoms with Crippen molar-refractivity contribution in [3.05, 3.63) is 28.2 Å². The lowest BCUT2D eigenvalue weighted by Crippen LogP contribution is -2.41. The number of halogens is 2. The minimum atomic E-state index is -3.47. The van der Waals surface area contributed by atoms with Crippen molar-refractivity contribution in [2.45, 2.75) is 0 Å². The average molecular weight is 368 g/mol. The highest BCUT2D eigenvalue weighted by Gasteiger charge is 2.20. The van der Waals surface area contributed by atoms with Crippen molar-refractivity contribution in [1.82, 2.24) is 9.21 Å². The molecule has 124 valence electrons. The number of sulfonamides is 1. The highest BCUT2D eigenvalue weighted by Crippen LogP contribution is 2.22. The Kier molecular flexibility index (Phi) is 7.08. The van der Waals surface area contributed by atoms with Crippen LogP contribution in [0.2, 0.25) is 10.0 Å². The zero-order valence-corrected chi connectivity index (χ0v) is 15.0. The van der Waals surface area contributed by atoms with Gasteiger partial charge in [-0.2, -0.15) is 4.31 Å². The van der Waals surface area contributed by atoms with Gasteiger partial charge in [0.25, 0.3) is 0 Å². The van der Waals surface area contributed by atoms with E-state index in [1.54, 1.807) is 6.07 Å². The summed E-state index contributed by atoms with van der Waals surface area (Å²) in [5.41, 5.74) is 0.420. The van der Waals surface area contributed by atoms with Gasteiger partial charge in [-0.3, -0.25) is 4.79 Å². The van der Waals surface area contributed by atoms with Crippen LogP contribution in [0.3, 0.4) is 0 Å². The Labute approximate surface area is 141 Å². The maximum Gasteiger partial charge on any atom is 0.239 e. The first-order valence-electron chi connectivity index (χ1n) is 6.43. The fourth-order valence-corrected chi connectivity index (χ4v) is 2.95. The van der Waals surface area contributed by atoms with Crippen LogP contribution in [0, 0.1) is 0 Å². The van der Waals surface area contributed by atoms with E-state index in [1.165, 1.54) is 12.1 Å². The molecule has 0 fully saturated rings. The Bertz CT molecular complexity index is 615. The first-order chi connectivity index (χ1) is 10.1. The van der Waals surface area contributed by atoms with Gasteiger partial charge in [0.05, 0.1) is 12.8 Å². The number of nitrogens with one attached hydrogen (secondary N) is 1. The lowest BCUT2D eigenvalue weighted by molar-refractivity contribution is -0.116. The third-order valence-electron chi connectivity index (χ3n) is 2.73. The van der Waals surface area contributed by atoms with E-state index < -0.39 is 15.9 Å². The quantitative estimate of drug-likeness (QED) is 0.796. The molecule has 0 radical (unpaired) electrons. The summed E-state index contributed by atoms with van der Waals surface area (Å²) in [4.78, 5) is 13.9. The Balaban J connectivity index is 2.74. The van der Waals surface area contributed by atoms with Gasteiger partial charge in [-0.25, -0.2) is 8.42 Å².